The molecule has 0 radical (unpaired) electrons. The Balaban J connectivity index is 3.00. The molecular weight excluding hydrogens is 327 g/mol. The van der Waals surface area contributed by atoms with Crippen molar-refractivity contribution in [1.29, 1.82) is 0 Å². The molecule has 0 aliphatic carbocycles. The molecule has 0 saturated carbocycles. The van der Waals surface area contributed by atoms with Crippen LogP contribution in [-0.4, -0.2) is 36.1 Å². The molecule has 1 aromatic carbocycles. The number of benzene rings is 1. The summed E-state index contributed by atoms with van der Waals surface area (Å²) in [5, 5.41) is 18.3. The zero-order chi connectivity index (χ0) is 14.6. The van der Waals surface area contributed by atoms with Gasteiger partial charge in [-0.15, -0.1) is 0 Å². The van der Waals surface area contributed by atoms with Crippen molar-refractivity contribution in [1.82, 2.24) is 0 Å². The highest BCUT2D eigenvalue weighted by Gasteiger charge is 2.30. The number of hydrogen-bond donors (Lipinski definition) is 2. The Hall–Kier alpha value is -0.790. The van der Waals surface area contributed by atoms with Crippen molar-refractivity contribution in [2.45, 2.75) is 19.2 Å². The van der Waals surface area contributed by atoms with Gasteiger partial charge in [-0.05, 0) is 24.6 Å². The fraction of sp³-hybridized carbons (Fsp3) is 0.500. The summed E-state index contributed by atoms with van der Waals surface area (Å²) in [5.74, 6) is 0. The number of alkyl halides is 3. The van der Waals surface area contributed by atoms with E-state index in [0.29, 0.717) is 15.7 Å². The first-order valence-electron chi connectivity index (χ1n) is 5.64. The number of halogens is 4. The molecule has 7 heteroatoms. The van der Waals surface area contributed by atoms with E-state index in [1.807, 2.05) is 0 Å². The van der Waals surface area contributed by atoms with Gasteiger partial charge in [-0.1, -0.05) is 22.0 Å². The number of anilines is 1. The fourth-order valence-corrected chi connectivity index (χ4v) is 2.39. The van der Waals surface area contributed by atoms with Gasteiger partial charge < -0.3 is 15.1 Å². The molecule has 108 valence electrons. The number of hydrogen-bond acceptors (Lipinski definition) is 3. The average Bonchev–Trinajstić information content (AvgIpc) is 2.26. The van der Waals surface area contributed by atoms with Gasteiger partial charge in [0.05, 0.1) is 12.7 Å². The summed E-state index contributed by atoms with van der Waals surface area (Å²) >= 11 is 3.22. The number of aliphatic hydroxyl groups is 2. The van der Waals surface area contributed by atoms with Crippen LogP contribution >= 0.6 is 15.9 Å². The molecule has 1 rings (SSSR count). The maximum atomic E-state index is 12.4. The van der Waals surface area contributed by atoms with Crippen molar-refractivity contribution >= 4 is 21.6 Å². The number of nitrogens with zero attached hydrogens (tertiary/aromatic N) is 1. The van der Waals surface area contributed by atoms with Gasteiger partial charge in [-0.3, -0.25) is 0 Å². The molecule has 0 aliphatic heterocycles. The van der Waals surface area contributed by atoms with Gasteiger partial charge in [0.2, 0.25) is 0 Å². The lowest BCUT2D eigenvalue weighted by atomic mass is 10.1. The molecule has 0 aliphatic rings. The van der Waals surface area contributed by atoms with Crippen LogP contribution in [0.25, 0.3) is 0 Å². The van der Waals surface area contributed by atoms with E-state index in [0.717, 1.165) is 4.90 Å². The summed E-state index contributed by atoms with van der Waals surface area (Å²) in [6, 6.07) is 4.56. The van der Waals surface area contributed by atoms with Gasteiger partial charge in [0, 0.05) is 16.7 Å². The van der Waals surface area contributed by atoms with Gasteiger partial charge >= 0.3 is 6.18 Å². The zero-order valence-electron chi connectivity index (χ0n) is 10.3. The van der Waals surface area contributed by atoms with Crippen molar-refractivity contribution in [3.05, 3.63) is 28.2 Å². The van der Waals surface area contributed by atoms with Crippen LogP contribution in [0.3, 0.4) is 0 Å². The number of rotatable bonds is 5. The third-order valence-corrected chi connectivity index (χ3v) is 3.23. The molecule has 0 fully saturated rings. The molecule has 19 heavy (non-hydrogen) atoms. The minimum absolute atomic E-state index is 0.111. The first kappa shape index (κ1) is 16.3. The normalized spacial score (nSPS) is 13.4. The highest BCUT2D eigenvalue weighted by atomic mass is 79.9. The van der Waals surface area contributed by atoms with Gasteiger partial charge in [0.25, 0.3) is 0 Å². The van der Waals surface area contributed by atoms with Crippen LogP contribution in [0.2, 0.25) is 0 Å². The Morgan fingerprint density at radius 1 is 1.37 bits per heavy atom. The maximum absolute atomic E-state index is 12.4. The van der Waals surface area contributed by atoms with E-state index in [2.05, 4.69) is 15.9 Å². The Morgan fingerprint density at radius 3 is 2.42 bits per heavy atom. The molecule has 0 unspecified atom stereocenters. The SMILES string of the molecule is C[C@H](O)c1ccc(N(CCO)CC(F)(F)F)cc1Br. The van der Waals surface area contributed by atoms with Crippen LogP contribution in [0.4, 0.5) is 18.9 Å². The van der Waals surface area contributed by atoms with Gasteiger partial charge in [0.1, 0.15) is 6.54 Å². The lowest BCUT2D eigenvalue weighted by Crippen LogP contribution is -2.36. The second kappa shape index (κ2) is 6.58. The Morgan fingerprint density at radius 2 is 2.00 bits per heavy atom. The van der Waals surface area contributed by atoms with Crippen molar-refractivity contribution < 1.29 is 23.4 Å². The first-order valence-corrected chi connectivity index (χ1v) is 6.44. The molecule has 0 spiro atoms. The summed E-state index contributed by atoms with van der Waals surface area (Å²) in [5.41, 5.74) is 0.933. The van der Waals surface area contributed by atoms with Crippen molar-refractivity contribution in [2.75, 3.05) is 24.6 Å². The van der Waals surface area contributed by atoms with Gasteiger partial charge in [-0.25, -0.2) is 0 Å². The molecular formula is C12H15BrF3NO2. The molecule has 0 saturated heterocycles. The molecule has 0 amide bonds. The van der Waals surface area contributed by atoms with E-state index in [1.54, 1.807) is 13.0 Å². The third-order valence-electron chi connectivity index (χ3n) is 2.54. The van der Waals surface area contributed by atoms with Crippen molar-refractivity contribution in [3.8, 4) is 0 Å². The van der Waals surface area contributed by atoms with Crippen LogP contribution in [0.15, 0.2) is 22.7 Å². The highest BCUT2D eigenvalue weighted by Crippen LogP contribution is 2.29. The van der Waals surface area contributed by atoms with Crippen LogP contribution in [0.5, 0.6) is 0 Å². The van der Waals surface area contributed by atoms with Crippen molar-refractivity contribution in [3.63, 3.8) is 0 Å². The summed E-state index contributed by atoms with van der Waals surface area (Å²) in [4.78, 5) is 1.04. The summed E-state index contributed by atoms with van der Waals surface area (Å²) in [7, 11) is 0. The van der Waals surface area contributed by atoms with E-state index in [1.165, 1.54) is 12.1 Å². The monoisotopic (exact) mass is 341 g/mol. The summed E-state index contributed by atoms with van der Waals surface area (Å²) in [6.07, 6.45) is -5.05. The average molecular weight is 342 g/mol. The quantitative estimate of drug-likeness (QED) is 0.865. The minimum atomic E-state index is -4.34. The smallest absolute Gasteiger partial charge is 0.395 e. The number of aliphatic hydroxyl groups excluding tert-OH is 2. The first-order chi connectivity index (χ1) is 8.74. The minimum Gasteiger partial charge on any atom is -0.395 e. The van der Waals surface area contributed by atoms with Gasteiger partial charge in [-0.2, -0.15) is 13.2 Å². The van der Waals surface area contributed by atoms with Crippen molar-refractivity contribution in [2.24, 2.45) is 0 Å². The molecule has 0 aromatic heterocycles. The predicted molar refractivity (Wildman–Crippen MR) is 70.1 cm³/mol. The topological polar surface area (TPSA) is 43.7 Å². The molecule has 1 atom stereocenters. The Kier molecular flexibility index (Phi) is 5.64. The van der Waals surface area contributed by atoms with E-state index >= 15 is 0 Å². The van der Waals surface area contributed by atoms with E-state index in [9.17, 15) is 18.3 Å². The Labute approximate surface area is 117 Å². The molecule has 1 aromatic rings. The fourth-order valence-electron chi connectivity index (χ4n) is 1.69. The lowest BCUT2D eigenvalue weighted by molar-refractivity contribution is -0.119. The molecule has 0 bridgehead atoms. The largest absolute Gasteiger partial charge is 0.405 e. The third kappa shape index (κ3) is 5.00. The van der Waals surface area contributed by atoms with Crippen LogP contribution < -0.4 is 4.90 Å². The molecule has 0 heterocycles. The standard InChI is InChI=1S/C12H15BrF3NO2/c1-8(19)10-3-2-9(6-11(10)13)17(4-5-18)7-12(14,15)16/h2-3,6,8,18-19H,4-5,7H2,1H3/t8-/m0/s1. The summed E-state index contributed by atoms with van der Waals surface area (Å²) in [6.45, 7) is -0.0408. The van der Waals surface area contributed by atoms with Crippen LogP contribution in [-0.2, 0) is 0 Å². The lowest BCUT2D eigenvalue weighted by Gasteiger charge is -2.26. The van der Waals surface area contributed by atoms with E-state index < -0.39 is 18.8 Å². The Bertz CT molecular complexity index is 424. The predicted octanol–water partition coefficient (Wildman–Crippen LogP) is 2.86. The second-order valence-corrected chi connectivity index (χ2v) is 5.00. The second-order valence-electron chi connectivity index (χ2n) is 4.14. The van der Waals surface area contributed by atoms with E-state index in [4.69, 9.17) is 5.11 Å². The highest BCUT2D eigenvalue weighted by molar-refractivity contribution is 9.10. The zero-order valence-corrected chi connectivity index (χ0v) is 11.9. The maximum Gasteiger partial charge on any atom is 0.405 e. The van der Waals surface area contributed by atoms with Crippen LogP contribution in [0.1, 0.15) is 18.6 Å². The van der Waals surface area contributed by atoms with E-state index in [-0.39, 0.29) is 13.2 Å². The van der Waals surface area contributed by atoms with Gasteiger partial charge in [0.15, 0.2) is 0 Å². The van der Waals surface area contributed by atoms with Crippen LogP contribution in [0, 0.1) is 0 Å². The summed E-state index contributed by atoms with van der Waals surface area (Å²) < 4.78 is 37.9. The molecule has 2 N–H and O–H groups in total. The molecule has 3 nitrogen and oxygen atoms in total.